The van der Waals surface area contributed by atoms with E-state index in [9.17, 15) is 9.59 Å². The minimum atomic E-state index is -0.533. The average Bonchev–Trinajstić information content (AvgIpc) is 2.27. The molecule has 16 heavy (non-hydrogen) atoms. The molecule has 0 aliphatic heterocycles. The third kappa shape index (κ3) is 2.56. The van der Waals surface area contributed by atoms with Crippen LogP contribution in [0.2, 0.25) is 0 Å². The highest BCUT2D eigenvalue weighted by molar-refractivity contribution is 5.96. The van der Waals surface area contributed by atoms with Gasteiger partial charge in [0.05, 0.1) is 0 Å². The molecule has 1 aromatic rings. The predicted octanol–water partition coefficient (Wildman–Crippen LogP) is 0.799. The second-order valence-corrected chi connectivity index (χ2v) is 3.82. The molecular weight excluding hydrogens is 206 g/mol. The Labute approximate surface area is 94.3 Å². The number of pyridine rings is 1. The van der Waals surface area contributed by atoms with Gasteiger partial charge in [0.25, 0.3) is 0 Å². The number of rotatable bonds is 3. The zero-order chi connectivity index (χ0) is 12.3. The van der Waals surface area contributed by atoms with E-state index in [0.717, 1.165) is 0 Å². The number of anilines is 1. The summed E-state index contributed by atoms with van der Waals surface area (Å²) in [4.78, 5) is 28.1. The first-order valence-corrected chi connectivity index (χ1v) is 4.97. The van der Waals surface area contributed by atoms with Gasteiger partial charge < -0.3 is 5.73 Å². The molecule has 2 N–H and O–H groups in total. The lowest BCUT2D eigenvalue weighted by atomic mass is 10.2. The summed E-state index contributed by atoms with van der Waals surface area (Å²) in [6, 6.07) is 3.02. The summed E-state index contributed by atoms with van der Waals surface area (Å²) < 4.78 is 0. The van der Waals surface area contributed by atoms with Crippen LogP contribution >= 0.6 is 0 Å². The number of nitrogens with zero attached hydrogens (tertiary/aromatic N) is 2. The molecule has 1 aromatic heterocycles. The quantitative estimate of drug-likeness (QED) is 0.820. The van der Waals surface area contributed by atoms with E-state index >= 15 is 0 Å². The molecular formula is C11H15N3O2. The predicted molar refractivity (Wildman–Crippen MR) is 61.0 cm³/mol. The molecule has 0 fully saturated rings. The summed E-state index contributed by atoms with van der Waals surface area (Å²) in [5.74, 6) is -0.290. The topological polar surface area (TPSA) is 76.3 Å². The molecule has 0 saturated carbocycles. The van der Waals surface area contributed by atoms with Gasteiger partial charge >= 0.3 is 0 Å². The van der Waals surface area contributed by atoms with E-state index < -0.39 is 5.91 Å². The zero-order valence-electron chi connectivity index (χ0n) is 9.60. The molecule has 86 valence electrons. The van der Waals surface area contributed by atoms with Crippen molar-refractivity contribution >= 4 is 17.6 Å². The van der Waals surface area contributed by atoms with E-state index in [1.54, 1.807) is 20.9 Å². The van der Waals surface area contributed by atoms with E-state index in [1.807, 2.05) is 0 Å². The Balaban J connectivity index is 3.00. The Kier molecular flexibility index (Phi) is 3.60. The van der Waals surface area contributed by atoms with Crippen molar-refractivity contribution in [3.63, 3.8) is 0 Å². The maximum atomic E-state index is 11.7. The van der Waals surface area contributed by atoms with Crippen LogP contribution in [0, 0.1) is 5.92 Å². The van der Waals surface area contributed by atoms with Gasteiger partial charge in [-0.05, 0) is 12.1 Å². The SMILES string of the molecule is CC(C)C(=O)N(C)c1cc(C(N)=O)ccn1. The third-order valence-electron chi connectivity index (χ3n) is 2.20. The standard InChI is InChI=1S/C11H15N3O2/c1-7(2)11(16)14(3)9-6-8(10(12)15)4-5-13-9/h4-7H,1-3H3,(H2,12,15). The lowest BCUT2D eigenvalue weighted by Gasteiger charge is -2.18. The first-order chi connectivity index (χ1) is 7.43. The van der Waals surface area contributed by atoms with Crippen LogP contribution in [0.5, 0.6) is 0 Å². The van der Waals surface area contributed by atoms with Gasteiger partial charge in [-0.25, -0.2) is 4.98 Å². The normalized spacial score (nSPS) is 10.2. The Morgan fingerprint density at radius 3 is 2.56 bits per heavy atom. The molecule has 0 radical (unpaired) electrons. The summed E-state index contributed by atoms with van der Waals surface area (Å²) in [5.41, 5.74) is 5.49. The third-order valence-corrected chi connectivity index (χ3v) is 2.20. The summed E-state index contributed by atoms with van der Waals surface area (Å²) >= 11 is 0. The fraction of sp³-hybridized carbons (Fsp3) is 0.364. The van der Waals surface area contributed by atoms with Crippen molar-refractivity contribution < 1.29 is 9.59 Å². The summed E-state index contributed by atoms with van der Waals surface area (Å²) in [6.45, 7) is 3.60. The van der Waals surface area contributed by atoms with Gasteiger partial charge in [0, 0.05) is 24.7 Å². The highest BCUT2D eigenvalue weighted by atomic mass is 16.2. The van der Waals surface area contributed by atoms with E-state index in [2.05, 4.69) is 4.98 Å². The van der Waals surface area contributed by atoms with Gasteiger partial charge in [-0.3, -0.25) is 14.5 Å². The number of hydrogen-bond acceptors (Lipinski definition) is 3. The Morgan fingerprint density at radius 2 is 2.06 bits per heavy atom. The molecule has 1 rings (SSSR count). The molecule has 5 nitrogen and oxygen atoms in total. The second kappa shape index (κ2) is 4.74. The van der Waals surface area contributed by atoms with Crippen molar-refractivity contribution in [1.82, 2.24) is 4.98 Å². The fourth-order valence-electron chi connectivity index (χ4n) is 1.26. The summed E-state index contributed by atoms with van der Waals surface area (Å²) in [7, 11) is 1.62. The van der Waals surface area contributed by atoms with Crippen LogP contribution in [0.25, 0.3) is 0 Å². The van der Waals surface area contributed by atoms with Crippen molar-refractivity contribution in [1.29, 1.82) is 0 Å². The van der Waals surface area contributed by atoms with Crippen molar-refractivity contribution in [2.24, 2.45) is 11.7 Å². The van der Waals surface area contributed by atoms with Crippen LogP contribution in [0.1, 0.15) is 24.2 Å². The molecule has 0 bridgehead atoms. The average molecular weight is 221 g/mol. The first-order valence-electron chi connectivity index (χ1n) is 4.97. The van der Waals surface area contributed by atoms with Crippen molar-refractivity contribution in [3.05, 3.63) is 23.9 Å². The lowest BCUT2D eigenvalue weighted by Crippen LogP contribution is -2.31. The van der Waals surface area contributed by atoms with Crippen LogP contribution in [0.4, 0.5) is 5.82 Å². The number of nitrogens with two attached hydrogens (primary N) is 1. The van der Waals surface area contributed by atoms with Gasteiger partial charge in [-0.1, -0.05) is 13.8 Å². The number of primary amides is 1. The number of carbonyl (C=O) groups excluding carboxylic acids is 2. The molecule has 0 spiro atoms. The van der Waals surface area contributed by atoms with Crippen LogP contribution in [-0.2, 0) is 4.79 Å². The van der Waals surface area contributed by atoms with Gasteiger partial charge in [0.1, 0.15) is 5.82 Å². The molecule has 0 aliphatic carbocycles. The largest absolute Gasteiger partial charge is 0.366 e. The van der Waals surface area contributed by atoms with Crippen LogP contribution in [-0.4, -0.2) is 23.8 Å². The Morgan fingerprint density at radius 1 is 1.44 bits per heavy atom. The van der Waals surface area contributed by atoms with Gasteiger partial charge in [-0.2, -0.15) is 0 Å². The van der Waals surface area contributed by atoms with Crippen molar-refractivity contribution in [2.75, 3.05) is 11.9 Å². The minimum absolute atomic E-state index is 0.0610. The van der Waals surface area contributed by atoms with E-state index in [1.165, 1.54) is 23.2 Å². The molecule has 0 unspecified atom stereocenters. The fourth-order valence-corrected chi connectivity index (χ4v) is 1.26. The number of amides is 2. The van der Waals surface area contributed by atoms with Crippen LogP contribution in [0.3, 0.4) is 0 Å². The zero-order valence-corrected chi connectivity index (χ0v) is 9.60. The molecule has 1 heterocycles. The summed E-state index contributed by atoms with van der Waals surface area (Å²) in [6.07, 6.45) is 1.46. The van der Waals surface area contributed by atoms with E-state index in [-0.39, 0.29) is 11.8 Å². The Bertz CT molecular complexity index is 415. The molecule has 0 atom stereocenters. The number of hydrogen-bond donors (Lipinski definition) is 1. The summed E-state index contributed by atoms with van der Waals surface area (Å²) in [5, 5.41) is 0. The molecule has 2 amide bonds. The minimum Gasteiger partial charge on any atom is -0.366 e. The highest BCUT2D eigenvalue weighted by Gasteiger charge is 2.16. The van der Waals surface area contributed by atoms with Crippen LogP contribution in [0.15, 0.2) is 18.3 Å². The monoisotopic (exact) mass is 221 g/mol. The van der Waals surface area contributed by atoms with Crippen LogP contribution < -0.4 is 10.6 Å². The number of aromatic nitrogens is 1. The maximum absolute atomic E-state index is 11.7. The first kappa shape index (κ1) is 12.2. The van der Waals surface area contributed by atoms with E-state index in [0.29, 0.717) is 11.4 Å². The molecule has 0 saturated heterocycles. The molecule has 0 aliphatic rings. The van der Waals surface area contributed by atoms with Gasteiger partial charge in [0.15, 0.2) is 0 Å². The van der Waals surface area contributed by atoms with Gasteiger partial charge in [0.2, 0.25) is 11.8 Å². The van der Waals surface area contributed by atoms with Crippen molar-refractivity contribution in [3.8, 4) is 0 Å². The molecule has 5 heteroatoms. The highest BCUT2D eigenvalue weighted by Crippen LogP contribution is 2.13. The number of carbonyl (C=O) groups is 2. The maximum Gasteiger partial charge on any atom is 0.248 e. The van der Waals surface area contributed by atoms with E-state index in [4.69, 9.17) is 5.73 Å². The smallest absolute Gasteiger partial charge is 0.248 e. The van der Waals surface area contributed by atoms with Crippen molar-refractivity contribution in [2.45, 2.75) is 13.8 Å². The van der Waals surface area contributed by atoms with Gasteiger partial charge in [-0.15, -0.1) is 0 Å². The Hall–Kier alpha value is -1.91. The molecule has 0 aromatic carbocycles. The lowest BCUT2D eigenvalue weighted by molar-refractivity contribution is -0.121. The second-order valence-electron chi connectivity index (χ2n) is 3.82.